The molecular formula is C12H21NOS. The van der Waals surface area contributed by atoms with Crippen molar-refractivity contribution in [1.29, 1.82) is 0 Å². The van der Waals surface area contributed by atoms with Crippen LogP contribution in [-0.4, -0.2) is 23.7 Å². The van der Waals surface area contributed by atoms with Crippen LogP contribution in [0.1, 0.15) is 38.5 Å². The first kappa shape index (κ1) is 11.3. The van der Waals surface area contributed by atoms with Crippen LogP contribution < -0.4 is 5.73 Å². The fourth-order valence-corrected chi connectivity index (χ4v) is 3.56. The maximum absolute atomic E-state index is 6.08. The zero-order chi connectivity index (χ0) is 10.5. The molecular weight excluding hydrogens is 206 g/mol. The average molecular weight is 227 g/mol. The van der Waals surface area contributed by atoms with E-state index in [1.807, 2.05) is 11.8 Å². The Bertz CT molecular complexity index is 224. The summed E-state index contributed by atoms with van der Waals surface area (Å²) in [6.07, 6.45) is 10.2. The van der Waals surface area contributed by atoms with Crippen LogP contribution in [0, 0.1) is 0 Å². The lowest BCUT2D eigenvalue weighted by molar-refractivity contribution is 0.228. The van der Waals surface area contributed by atoms with Gasteiger partial charge in [0.1, 0.15) is 5.76 Å². The monoisotopic (exact) mass is 227 g/mol. The van der Waals surface area contributed by atoms with Crippen molar-refractivity contribution in [2.24, 2.45) is 5.73 Å². The molecule has 1 aliphatic carbocycles. The largest absolute Gasteiger partial charge is 0.496 e. The van der Waals surface area contributed by atoms with Gasteiger partial charge in [-0.2, -0.15) is 11.8 Å². The highest BCUT2D eigenvalue weighted by atomic mass is 32.2. The third-order valence-corrected chi connectivity index (χ3v) is 4.66. The highest BCUT2D eigenvalue weighted by Gasteiger charge is 2.18. The summed E-state index contributed by atoms with van der Waals surface area (Å²) >= 11 is 2.05. The molecule has 2 N–H and O–H groups in total. The molecule has 0 bridgehead atoms. The molecule has 0 spiro atoms. The van der Waals surface area contributed by atoms with Gasteiger partial charge in [0, 0.05) is 17.4 Å². The topological polar surface area (TPSA) is 35.2 Å². The minimum atomic E-state index is 0.124. The SMILES string of the molecule is NC(CSC1CCCCC1)C1=CCCO1. The lowest BCUT2D eigenvalue weighted by Crippen LogP contribution is -2.27. The lowest BCUT2D eigenvalue weighted by atomic mass is 10.0. The standard InChI is InChI=1S/C12H21NOS/c13-11(12-7-4-8-14-12)9-15-10-5-2-1-3-6-10/h7,10-11H,1-6,8-9,13H2. The van der Waals surface area contributed by atoms with Crippen molar-refractivity contribution in [2.75, 3.05) is 12.4 Å². The Labute approximate surface area is 96.6 Å². The molecule has 1 aliphatic heterocycles. The molecule has 0 amide bonds. The molecule has 0 aromatic carbocycles. The van der Waals surface area contributed by atoms with Crippen molar-refractivity contribution in [3.8, 4) is 0 Å². The summed E-state index contributed by atoms with van der Waals surface area (Å²) in [4.78, 5) is 0. The Kier molecular flexibility index (Phi) is 4.39. The minimum Gasteiger partial charge on any atom is -0.496 e. The number of ether oxygens (including phenoxy) is 1. The van der Waals surface area contributed by atoms with Gasteiger partial charge in [-0.25, -0.2) is 0 Å². The van der Waals surface area contributed by atoms with E-state index in [2.05, 4.69) is 6.08 Å². The molecule has 0 aromatic rings. The molecule has 2 aliphatic rings. The summed E-state index contributed by atoms with van der Waals surface area (Å²) in [5.41, 5.74) is 6.08. The Morgan fingerprint density at radius 1 is 1.40 bits per heavy atom. The lowest BCUT2D eigenvalue weighted by Gasteiger charge is -2.22. The van der Waals surface area contributed by atoms with Crippen molar-refractivity contribution in [3.05, 3.63) is 11.8 Å². The molecule has 1 atom stereocenters. The highest BCUT2D eigenvalue weighted by Crippen LogP contribution is 2.29. The van der Waals surface area contributed by atoms with E-state index in [1.165, 1.54) is 32.1 Å². The van der Waals surface area contributed by atoms with Crippen LogP contribution in [-0.2, 0) is 4.74 Å². The Morgan fingerprint density at radius 2 is 2.20 bits per heavy atom. The van der Waals surface area contributed by atoms with Crippen molar-refractivity contribution >= 4 is 11.8 Å². The minimum absolute atomic E-state index is 0.124. The first-order chi connectivity index (χ1) is 7.36. The normalized spacial score (nSPS) is 24.7. The second-order valence-corrected chi connectivity index (χ2v) is 5.78. The molecule has 0 aromatic heterocycles. The zero-order valence-corrected chi connectivity index (χ0v) is 10.1. The molecule has 0 radical (unpaired) electrons. The van der Waals surface area contributed by atoms with Gasteiger partial charge in [0.2, 0.25) is 0 Å². The molecule has 2 rings (SSSR count). The van der Waals surface area contributed by atoms with E-state index in [0.29, 0.717) is 0 Å². The Morgan fingerprint density at radius 3 is 2.87 bits per heavy atom. The molecule has 1 unspecified atom stereocenters. The van der Waals surface area contributed by atoms with Gasteiger partial charge < -0.3 is 10.5 Å². The number of hydrogen-bond donors (Lipinski definition) is 1. The number of nitrogens with two attached hydrogens (primary N) is 1. The fourth-order valence-electron chi connectivity index (χ4n) is 2.25. The van der Waals surface area contributed by atoms with Crippen LogP contribution in [0.25, 0.3) is 0 Å². The van der Waals surface area contributed by atoms with E-state index in [-0.39, 0.29) is 6.04 Å². The molecule has 86 valence electrons. The van der Waals surface area contributed by atoms with Crippen LogP contribution >= 0.6 is 11.8 Å². The predicted octanol–water partition coefficient (Wildman–Crippen LogP) is 2.68. The maximum atomic E-state index is 6.08. The van der Waals surface area contributed by atoms with Crippen LogP contribution in [0.2, 0.25) is 0 Å². The van der Waals surface area contributed by atoms with Gasteiger partial charge in [0.05, 0.1) is 12.6 Å². The third kappa shape index (κ3) is 3.42. The fraction of sp³-hybridized carbons (Fsp3) is 0.833. The van der Waals surface area contributed by atoms with Gasteiger partial charge in [-0.05, 0) is 18.9 Å². The van der Waals surface area contributed by atoms with Crippen molar-refractivity contribution in [1.82, 2.24) is 0 Å². The number of hydrogen-bond acceptors (Lipinski definition) is 3. The average Bonchev–Trinajstić information content (AvgIpc) is 2.81. The second-order valence-electron chi connectivity index (χ2n) is 4.44. The predicted molar refractivity (Wildman–Crippen MR) is 66.0 cm³/mol. The summed E-state index contributed by atoms with van der Waals surface area (Å²) in [5.74, 6) is 2.05. The smallest absolute Gasteiger partial charge is 0.110 e. The first-order valence-corrected chi connectivity index (χ1v) is 7.11. The van der Waals surface area contributed by atoms with Crippen LogP contribution in [0.4, 0.5) is 0 Å². The van der Waals surface area contributed by atoms with Crippen LogP contribution in [0.3, 0.4) is 0 Å². The van der Waals surface area contributed by atoms with Gasteiger partial charge in [0.15, 0.2) is 0 Å². The molecule has 3 heteroatoms. The summed E-state index contributed by atoms with van der Waals surface area (Å²) in [7, 11) is 0. The molecule has 1 saturated carbocycles. The zero-order valence-electron chi connectivity index (χ0n) is 9.28. The summed E-state index contributed by atoms with van der Waals surface area (Å²) in [6.45, 7) is 0.830. The van der Waals surface area contributed by atoms with Crippen LogP contribution in [0.15, 0.2) is 11.8 Å². The highest BCUT2D eigenvalue weighted by molar-refractivity contribution is 7.99. The van der Waals surface area contributed by atoms with E-state index in [9.17, 15) is 0 Å². The van der Waals surface area contributed by atoms with E-state index >= 15 is 0 Å². The number of rotatable bonds is 4. The molecule has 1 fully saturated rings. The summed E-state index contributed by atoms with van der Waals surface area (Å²) < 4.78 is 5.48. The molecule has 0 saturated heterocycles. The van der Waals surface area contributed by atoms with E-state index in [0.717, 1.165) is 29.8 Å². The Hall–Kier alpha value is -0.150. The van der Waals surface area contributed by atoms with Crippen molar-refractivity contribution < 1.29 is 4.74 Å². The van der Waals surface area contributed by atoms with Crippen LogP contribution in [0.5, 0.6) is 0 Å². The molecule has 15 heavy (non-hydrogen) atoms. The molecule has 2 nitrogen and oxygen atoms in total. The Balaban J connectivity index is 1.67. The van der Waals surface area contributed by atoms with Gasteiger partial charge in [-0.1, -0.05) is 19.3 Å². The van der Waals surface area contributed by atoms with Gasteiger partial charge in [0.25, 0.3) is 0 Å². The first-order valence-electron chi connectivity index (χ1n) is 6.06. The van der Waals surface area contributed by atoms with Gasteiger partial charge in [-0.3, -0.25) is 0 Å². The van der Waals surface area contributed by atoms with E-state index in [1.54, 1.807) is 0 Å². The van der Waals surface area contributed by atoms with Gasteiger partial charge in [-0.15, -0.1) is 0 Å². The van der Waals surface area contributed by atoms with E-state index < -0.39 is 0 Å². The summed E-state index contributed by atoms with van der Waals surface area (Å²) in [5, 5.41) is 0.854. The van der Waals surface area contributed by atoms with Gasteiger partial charge >= 0.3 is 0 Å². The summed E-state index contributed by atoms with van der Waals surface area (Å²) in [6, 6.07) is 0.124. The second kappa shape index (κ2) is 5.80. The van der Waals surface area contributed by atoms with Crippen molar-refractivity contribution in [2.45, 2.75) is 49.8 Å². The molecule has 1 heterocycles. The maximum Gasteiger partial charge on any atom is 0.110 e. The van der Waals surface area contributed by atoms with E-state index in [4.69, 9.17) is 10.5 Å². The van der Waals surface area contributed by atoms with Crippen molar-refractivity contribution in [3.63, 3.8) is 0 Å². The quantitative estimate of drug-likeness (QED) is 0.802. The third-order valence-electron chi connectivity index (χ3n) is 3.16. The number of thioether (sulfide) groups is 1.